The van der Waals surface area contributed by atoms with E-state index >= 15 is 0 Å². The largest absolute Gasteiger partial charge is 0.461 e. The Kier molecular flexibility index (Phi) is 12.3. The number of non-ortho nitro benzene ring substituents is 1. The molecule has 0 atom stereocenters. The summed E-state index contributed by atoms with van der Waals surface area (Å²) in [5.74, 6) is -0.748. The molecule has 0 saturated heterocycles. The molecule has 1 aromatic carbocycles. The van der Waals surface area contributed by atoms with Gasteiger partial charge in [0.1, 0.15) is 18.8 Å². The number of hydrogen-bond acceptors (Lipinski definition) is 5. The maximum Gasteiger partial charge on any atom is 0.313 e. The van der Waals surface area contributed by atoms with E-state index in [1.54, 1.807) is 12.1 Å². The third-order valence-corrected chi connectivity index (χ3v) is 4.64. The quantitative estimate of drug-likeness (QED) is 0.117. The highest BCUT2D eigenvalue weighted by Gasteiger charge is 2.09. The number of nitro benzene ring substituents is 1. The van der Waals surface area contributed by atoms with E-state index in [-0.39, 0.29) is 24.5 Å². The Morgan fingerprint density at radius 3 is 2.14 bits per heavy atom. The fourth-order valence-corrected chi connectivity index (χ4v) is 3.03. The number of unbranched alkanes of at least 4 members (excludes halogenated alkanes) is 7. The van der Waals surface area contributed by atoms with Gasteiger partial charge in [0.25, 0.3) is 5.69 Å². The van der Waals surface area contributed by atoms with Crippen LogP contribution in [0, 0.1) is 10.1 Å². The summed E-state index contributed by atoms with van der Waals surface area (Å²) in [6.07, 6.45) is 12.2. The van der Waals surface area contributed by atoms with Gasteiger partial charge in [0.05, 0.1) is 4.92 Å². The molecule has 0 aliphatic carbocycles. The molecular formula is C23H33NO5. The summed E-state index contributed by atoms with van der Waals surface area (Å²) in [6, 6.07) is 6.29. The summed E-state index contributed by atoms with van der Waals surface area (Å²) in [6.45, 7) is 3.71. The zero-order valence-corrected chi connectivity index (χ0v) is 17.7. The topological polar surface area (TPSA) is 86.5 Å². The van der Waals surface area contributed by atoms with Gasteiger partial charge >= 0.3 is 5.97 Å². The van der Waals surface area contributed by atoms with Gasteiger partial charge in [-0.05, 0) is 43.0 Å². The van der Waals surface area contributed by atoms with Crippen LogP contribution in [0.1, 0.15) is 83.6 Å². The molecule has 0 fully saturated rings. The standard InChI is InChI=1S/C23H33NO5/c1-3-4-5-6-7-8-9-10-11-21(18-29-23(26)16-19(2)25)17-20-12-14-22(15-13-20)24(27)28/h12-15,17H,3-11,16,18H2,1-2H3/b21-17+. The Morgan fingerprint density at radius 1 is 1.00 bits per heavy atom. The second-order valence-electron chi connectivity index (χ2n) is 7.42. The van der Waals surface area contributed by atoms with Gasteiger partial charge in [-0.3, -0.25) is 19.7 Å². The van der Waals surface area contributed by atoms with E-state index in [1.807, 2.05) is 6.08 Å². The van der Waals surface area contributed by atoms with Crippen LogP contribution in [-0.2, 0) is 14.3 Å². The highest BCUT2D eigenvalue weighted by molar-refractivity contribution is 5.94. The van der Waals surface area contributed by atoms with Gasteiger partial charge in [0.2, 0.25) is 0 Å². The molecule has 0 amide bonds. The number of rotatable bonds is 15. The molecule has 0 radical (unpaired) electrons. The molecule has 0 N–H and O–H groups in total. The summed E-state index contributed by atoms with van der Waals surface area (Å²) in [5, 5.41) is 10.8. The van der Waals surface area contributed by atoms with Gasteiger partial charge in [-0.2, -0.15) is 0 Å². The fourth-order valence-electron chi connectivity index (χ4n) is 3.03. The lowest BCUT2D eigenvalue weighted by molar-refractivity contribution is -0.384. The molecular weight excluding hydrogens is 370 g/mol. The first-order chi connectivity index (χ1) is 13.9. The number of benzene rings is 1. The van der Waals surface area contributed by atoms with Crippen LogP contribution in [0.5, 0.6) is 0 Å². The van der Waals surface area contributed by atoms with Crippen LogP contribution in [0.3, 0.4) is 0 Å². The minimum absolute atomic E-state index is 0.0414. The number of ether oxygens (including phenoxy) is 1. The van der Waals surface area contributed by atoms with Crippen molar-refractivity contribution in [2.75, 3.05) is 6.61 Å². The van der Waals surface area contributed by atoms with Crippen LogP contribution >= 0.6 is 0 Å². The van der Waals surface area contributed by atoms with Gasteiger partial charge in [-0.1, -0.05) is 57.9 Å². The molecule has 0 heterocycles. The van der Waals surface area contributed by atoms with Crippen LogP contribution in [0.15, 0.2) is 29.8 Å². The molecule has 6 nitrogen and oxygen atoms in total. The number of nitro groups is 1. The van der Waals surface area contributed by atoms with E-state index in [0.717, 1.165) is 30.4 Å². The Morgan fingerprint density at radius 2 is 1.59 bits per heavy atom. The first kappa shape index (κ1) is 24.5. The van der Waals surface area contributed by atoms with Crippen molar-refractivity contribution in [3.8, 4) is 0 Å². The molecule has 0 aliphatic rings. The average Bonchev–Trinajstić information content (AvgIpc) is 2.67. The molecule has 0 spiro atoms. The molecule has 0 saturated carbocycles. The smallest absolute Gasteiger partial charge is 0.313 e. The average molecular weight is 404 g/mol. The van der Waals surface area contributed by atoms with E-state index in [1.165, 1.54) is 57.6 Å². The fraction of sp³-hybridized carbons (Fsp3) is 0.565. The molecule has 6 heteroatoms. The zero-order valence-electron chi connectivity index (χ0n) is 17.7. The third kappa shape index (κ3) is 11.8. The summed E-state index contributed by atoms with van der Waals surface area (Å²) >= 11 is 0. The molecule has 1 rings (SSSR count). The third-order valence-electron chi connectivity index (χ3n) is 4.64. The predicted octanol–water partition coefficient (Wildman–Crippen LogP) is 6.03. The summed E-state index contributed by atoms with van der Waals surface area (Å²) in [5.41, 5.74) is 1.81. The van der Waals surface area contributed by atoms with Crippen molar-refractivity contribution in [2.45, 2.75) is 78.1 Å². The van der Waals surface area contributed by atoms with Crippen LogP contribution < -0.4 is 0 Å². The van der Waals surface area contributed by atoms with Gasteiger partial charge in [0.15, 0.2) is 0 Å². The number of carbonyl (C=O) groups is 2. The molecule has 1 aromatic rings. The second kappa shape index (κ2) is 14.5. The lowest BCUT2D eigenvalue weighted by atomic mass is 10.0. The molecule has 160 valence electrons. The zero-order chi connectivity index (χ0) is 21.5. The Bertz CT molecular complexity index is 679. The maximum atomic E-state index is 11.7. The van der Waals surface area contributed by atoms with Gasteiger partial charge in [-0.15, -0.1) is 0 Å². The molecule has 0 aliphatic heterocycles. The first-order valence-electron chi connectivity index (χ1n) is 10.5. The number of hydrogen-bond donors (Lipinski definition) is 0. The van der Waals surface area contributed by atoms with Crippen molar-refractivity contribution >= 4 is 23.5 Å². The van der Waals surface area contributed by atoms with Gasteiger partial charge < -0.3 is 4.74 Å². The maximum absolute atomic E-state index is 11.7. The SMILES string of the molecule is CCCCCCCCCC/C(=C\c1ccc([N+](=O)[O-])cc1)COC(=O)CC(C)=O. The van der Waals surface area contributed by atoms with E-state index in [9.17, 15) is 19.7 Å². The van der Waals surface area contributed by atoms with Crippen LogP contribution in [-0.4, -0.2) is 23.3 Å². The number of Topliss-reactive ketones (excluding diaryl/α,β-unsaturated/α-hetero) is 1. The van der Waals surface area contributed by atoms with E-state index in [4.69, 9.17) is 4.74 Å². The summed E-state index contributed by atoms with van der Waals surface area (Å²) in [7, 11) is 0. The Labute approximate surface area is 173 Å². The van der Waals surface area contributed by atoms with Gasteiger partial charge in [0, 0.05) is 12.1 Å². The molecule has 29 heavy (non-hydrogen) atoms. The normalized spacial score (nSPS) is 11.3. The van der Waals surface area contributed by atoms with Gasteiger partial charge in [-0.25, -0.2) is 0 Å². The first-order valence-corrected chi connectivity index (χ1v) is 10.5. The number of ketones is 1. The highest BCUT2D eigenvalue weighted by Crippen LogP contribution is 2.18. The predicted molar refractivity (Wildman–Crippen MR) is 115 cm³/mol. The van der Waals surface area contributed by atoms with Crippen LogP contribution in [0.25, 0.3) is 6.08 Å². The molecule has 0 unspecified atom stereocenters. The Hall–Kier alpha value is -2.50. The minimum atomic E-state index is -0.525. The Balaban J connectivity index is 2.59. The summed E-state index contributed by atoms with van der Waals surface area (Å²) in [4.78, 5) is 33.1. The van der Waals surface area contributed by atoms with Crippen LogP contribution in [0.4, 0.5) is 5.69 Å². The van der Waals surface area contributed by atoms with E-state index in [2.05, 4.69) is 6.92 Å². The minimum Gasteiger partial charge on any atom is -0.461 e. The molecule has 0 aromatic heterocycles. The number of nitrogens with zero attached hydrogens (tertiary/aromatic N) is 1. The summed E-state index contributed by atoms with van der Waals surface area (Å²) < 4.78 is 5.24. The second-order valence-corrected chi connectivity index (χ2v) is 7.42. The number of carbonyl (C=O) groups excluding carboxylic acids is 2. The lowest BCUT2D eigenvalue weighted by Gasteiger charge is -2.09. The van der Waals surface area contributed by atoms with Crippen molar-refractivity contribution < 1.29 is 19.2 Å². The van der Waals surface area contributed by atoms with Crippen molar-refractivity contribution in [2.24, 2.45) is 0 Å². The van der Waals surface area contributed by atoms with Crippen molar-refractivity contribution in [1.29, 1.82) is 0 Å². The van der Waals surface area contributed by atoms with E-state index in [0.29, 0.717) is 0 Å². The van der Waals surface area contributed by atoms with Crippen LogP contribution in [0.2, 0.25) is 0 Å². The molecule has 0 bridgehead atoms. The van der Waals surface area contributed by atoms with Crippen molar-refractivity contribution in [3.63, 3.8) is 0 Å². The monoisotopic (exact) mass is 403 g/mol. The lowest BCUT2D eigenvalue weighted by Crippen LogP contribution is -2.11. The highest BCUT2D eigenvalue weighted by atomic mass is 16.6. The van der Waals surface area contributed by atoms with E-state index < -0.39 is 10.9 Å². The van der Waals surface area contributed by atoms with Crippen molar-refractivity contribution in [1.82, 2.24) is 0 Å². The van der Waals surface area contributed by atoms with Crippen molar-refractivity contribution in [3.05, 3.63) is 45.5 Å². The number of esters is 1.